The third-order valence-corrected chi connectivity index (χ3v) is 13.9. The van der Waals surface area contributed by atoms with Crippen molar-refractivity contribution in [3.8, 4) is 44.5 Å². The Morgan fingerprint density at radius 2 is 0.850 bits per heavy atom. The molecule has 11 rings (SSSR count). The maximum Gasteiger partial charge on any atom is 0.0726 e. The van der Waals surface area contributed by atoms with Crippen LogP contribution in [-0.4, -0.2) is 0 Å². The second kappa shape index (κ2) is 13.0. The van der Waals surface area contributed by atoms with Gasteiger partial charge < -0.3 is 4.90 Å². The lowest BCUT2D eigenvalue weighted by Gasteiger charge is -2.33. The molecule has 0 amide bonds. The van der Waals surface area contributed by atoms with Gasteiger partial charge in [0.05, 0.1) is 5.41 Å². The molecule has 8 aromatic carbocycles. The van der Waals surface area contributed by atoms with E-state index in [1.165, 1.54) is 72.3 Å². The average molecular weight is 775 g/mol. The van der Waals surface area contributed by atoms with Gasteiger partial charge >= 0.3 is 0 Å². The largest absolute Gasteiger partial charge is 0.310 e. The van der Waals surface area contributed by atoms with Gasteiger partial charge in [0.25, 0.3) is 0 Å². The van der Waals surface area contributed by atoms with Gasteiger partial charge in [0.15, 0.2) is 0 Å². The Kier molecular flexibility index (Phi) is 7.71. The van der Waals surface area contributed by atoms with Gasteiger partial charge in [-0.2, -0.15) is 0 Å². The van der Waals surface area contributed by atoms with Crippen LogP contribution in [0.3, 0.4) is 0 Å². The Balaban J connectivity index is 1.13. The molecule has 292 valence electrons. The second-order valence-corrected chi connectivity index (χ2v) is 18.9. The minimum absolute atomic E-state index is 0.00197. The molecule has 1 spiro atoms. The van der Waals surface area contributed by atoms with Crippen LogP contribution in [0, 0.1) is 0 Å². The number of benzene rings is 8. The van der Waals surface area contributed by atoms with Crippen molar-refractivity contribution in [1.82, 2.24) is 0 Å². The van der Waals surface area contributed by atoms with E-state index in [2.05, 4.69) is 215 Å². The van der Waals surface area contributed by atoms with E-state index in [0.29, 0.717) is 0 Å². The quantitative estimate of drug-likeness (QED) is 0.168. The molecule has 0 radical (unpaired) electrons. The van der Waals surface area contributed by atoms with E-state index in [-0.39, 0.29) is 10.8 Å². The minimum atomic E-state index is -0.637. The number of hydrogen-bond acceptors (Lipinski definition) is 1. The number of nitrogens with zero attached hydrogens (tertiary/aromatic N) is 1. The molecule has 8 aromatic rings. The summed E-state index contributed by atoms with van der Waals surface area (Å²) in [6.45, 7) is 15.6. The monoisotopic (exact) mass is 774 g/mol. The number of fused-ring (bicyclic) bond motifs is 13. The summed E-state index contributed by atoms with van der Waals surface area (Å²) in [4.78, 5) is 2.47. The zero-order chi connectivity index (χ0) is 42.1. The van der Waals surface area contributed by atoms with Crippen LogP contribution >= 0.6 is 0 Å². The molecule has 1 heteroatoms. The summed E-state index contributed by atoms with van der Waals surface area (Å²) in [6.07, 6.45) is 0. The molecule has 3 aliphatic rings. The molecular formula is C59H51N. The first kappa shape index (κ1) is 35.5. The molecule has 0 fully saturated rings. The molecule has 60 heavy (non-hydrogen) atoms. The summed E-state index contributed by atoms with van der Waals surface area (Å²) < 4.78 is 8.53. The Bertz CT molecular complexity index is 3050. The summed E-state index contributed by atoms with van der Waals surface area (Å²) in [5, 5.41) is 0. The first-order valence-electron chi connectivity index (χ1n) is 22.0. The van der Waals surface area contributed by atoms with Gasteiger partial charge in [0.1, 0.15) is 0 Å². The standard InChI is InChI=1S/C59H51N/c1-37(2)38-20-22-39(23-21-38)40-24-27-42(28-25-40)60(43-29-32-48-45-14-8-11-17-51(45)58(6,7)54(48)35-43)44-30-33-50-47-16-10-13-19-53(47)59(56(50)36-44)52-18-12-9-15-46(52)49-31-26-41(34-55(49)59)57(3,4)5/h8-37H,1-7H3/i37D. The summed E-state index contributed by atoms with van der Waals surface area (Å²) in [6, 6.07) is 66.3. The lowest BCUT2D eigenvalue weighted by Crippen LogP contribution is -2.27. The Morgan fingerprint density at radius 1 is 0.433 bits per heavy atom. The molecule has 0 aromatic heterocycles. The van der Waals surface area contributed by atoms with Gasteiger partial charge in [-0.1, -0.05) is 188 Å². The molecule has 1 nitrogen and oxygen atoms in total. The molecule has 1 unspecified atom stereocenters. The van der Waals surface area contributed by atoms with Crippen LogP contribution in [0.25, 0.3) is 44.5 Å². The van der Waals surface area contributed by atoms with Crippen LogP contribution in [-0.2, 0) is 16.2 Å². The van der Waals surface area contributed by atoms with Crippen molar-refractivity contribution >= 4 is 17.1 Å². The summed E-state index contributed by atoms with van der Waals surface area (Å²) >= 11 is 0. The van der Waals surface area contributed by atoms with Crippen LogP contribution in [0.2, 0.25) is 0 Å². The van der Waals surface area contributed by atoms with Gasteiger partial charge in [0, 0.05) is 23.8 Å². The Labute approximate surface area is 357 Å². The summed E-state index contributed by atoms with van der Waals surface area (Å²) in [7, 11) is 0. The predicted octanol–water partition coefficient (Wildman–Crippen LogP) is 15.9. The normalized spacial score (nSPS) is 16.7. The van der Waals surface area contributed by atoms with Crippen LogP contribution in [0.5, 0.6) is 0 Å². The molecule has 0 bridgehead atoms. The maximum absolute atomic E-state index is 8.53. The fraction of sp³-hybridized carbons (Fsp3) is 0.186. The molecule has 1 atom stereocenters. The highest BCUT2D eigenvalue weighted by Crippen LogP contribution is 2.64. The smallest absolute Gasteiger partial charge is 0.0726 e. The zero-order valence-corrected chi connectivity index (χ0v) is 35.7. The number of hydrogen-bond donors (Lipinski definition) is 0. The van der Waals surface area contributed by atoms with Crippen LogP contribution in [0.15, 0.2) is 176 Å². The zero-order valence-electron chi connectivity index (χ0n) is 36.7. The first-order valence-corrected chi connectivity index (χ1v) is 21.5. The van der Waals surface area contributed by atoms with Crippen molar-refractivity contribution in [1.29, 1.82) is 0 Å². The molecule has 0 heterocycles. The van der Waals surface area contributed by atoms with Gasteiger partial charge in [0.2, 0.25) is 0 Å². The van der Waals surface area contributed by atoms with E-state index in [1.54, 1.807) is 0 Å². The molecule has 0 aliphatic heterocycles. The first-order chi connectivity index (χ1) is 29.3. The van der Waals surface area contributed by atoms with E-state index in [4.69, 9.17) is 1.37 Å². The van der Waals surface area contributed by atoms with E-state index in [1.807, 2.05) is 13.8 Å². The lowest BCUT2D eigenvalue weighted by molar-refractivity contribution is 0.588. The van der Waals surface area contributed by atoms with Gasteiger partial charge in [-0.15, -0.1) is 0 Å². The second-order valence-electron chi connectivity index (χ2n) is 18.9. The average Bonchev–Trinajstić information content (AvgIpc) is 3.81. The molecular weight excluding hydrogens is 723 g/mol. The molecule has 0 saturated carbocycles. The molecule has 3 aliphatic carbocycles. The number of rotatable bonds is 5. The highest BCUT2D eigenvalue weighted by atomic mass is 15.1. The highest BCUT2D eigenvalue weighted by molar-refractivity contribution is 5.97. The maximum atomic E-state index is 8.53. The molecule has 0 N–H and O–H groups in total. The fourth-order valence-electron chi connectivity index (χ4n) is 10.8. The van der Waals surface area contributed by atoms with E-state index < -0.39 is 11.3 Å². The Morgan fingerprint density at radius 3 is 1.40 bits per heavy atom. The van der Waals surface area contributed by atoms with Gasteiger partial charge in [-0.25, -0.2) is 0 Å². The van der Waals surface area contributed by atoms with Crippen molar-refractivity contribution < 1.29 is 1.37 Å². The Hall–Kier alpha value is -6.44. The summed E-state index contributed by atoms with van der Waals surface area (Å²) in [5.41, 5.74) is 23.5. The van der Waals surface area contributed by atoms with E-state index >= 15 is 0 Å². The lowest BCUT2D eigenvalue weighted by atomic mass is 9.69. The predicted molar refractivity (Wildman–Crippen MR) is 253 cm³/mol. The summed E-state index contributed by atoms with van der Waals surface area (Å²) in [5.74, 6) is -0.637. The van der Waals surface area contributed by atoms with Crippen LogP contribution in [0.4, 0.5) is 17.1 Å². The van der Waals surface area contributed by atoms with Gasteiger partial charge in [-0.3, -0.25) is 0 Å². The SMILES string of the molecule is [2H]C(C)(C)c1ccc(-c2ccc(N(c3ccc4c(c3)C(C)(C)c3ccccc3-4)c3ccc4c(c3)C3(c5ccccc5-4)c4ccccc4-c4ccc(C(C)(C)C)cc43)cc2)cc1. The number of anilines is 3. The van der Waals surface area contributed by atoms with E-state index in [9.17, 15) is 0 Å². The minimum Gasteiger partial charge on any atom is -0.310 e. The highest BCUT2D eigenvalue weighted by Gasteiger charge is 2.52. The van der Waals surface area contributed by atoms with Crippen LogP contribution < -0.4 is 4.90 Å². The van der Waals surface area contributed by atoms with Crippen molar-refractivity contribution in [2.24, 2.45) is 0 Å². The van der Waals surface area contributed by atoms with E-state index in [0.717, 1.165) is 33.8 Å². The van der Waals surface area contributed by atoms with Crippen LogP contribution in [0.1, 0.15) is 100 Å². The molecule has 0 saturated heterocycles. The topological polar surface area (TPSA) is 3.24 Å². The third kappa shape index (κ3) is 5.18. The van der Waals surface area contributed by atoms with Crippen molar-refractivity contribution in [2.75, 3.05) is 4.90 Å². The van der Waals surface area contributed by atoms with Crippen molar-refractivity contribution in [3.05, 3.63) is 220 Å². The fourth-order valence-corrected chi connectivity index (χ4v) is 10.8. The third-order valence-electron chi connectivity index (χ3n) is 13.9. The van der Waals surface area contributed by atoms with Crippen molar-refractivity contribution in [3.63, 3.8) is 0 Å². The van der Waals surface area contributed by atoms with Gasteiger partial charge in [-0.05, 0) is 137 Å². The van der Waals surface area contributed by atoms with Crippen molar-refractivity contribution in [2.45, 2.75) is 70.6 Å².